The molecule has 2 N–H and O–H groups in total. The number of halogens is 1. The van der Waals surface area contributed by atoms with Gasteiger partial charge in [-0.15, -0.1) is 0 Å². The van der Waals surface area contributed by atoms with Crippen molar-refractivity contribution in [1.29, 1.82) is 0 Å². The van der Waals surface area contributed by atoms with Crippen molar-refractivity contribution in [3.8, 4) is 0 Å². The first kappa shape index (κ1) is 16.2. The summed E-state index contributed by atoms with van der Waals surface area (Å²) < 4.78 is 13.8. The van der Waals surface area contributed by atoms with E-state index in [2.05, 4.69) is 4.98 Å². The minimum Gasteiger partial charge on any atom is -0.351 e. The first-order chi connectivity index (χ1) is 11.1. The summed E-state index contributed by atoms with van der Waals surface area (Å²) >= 11 is 0. The van der Waals surface area contributed by atoms with Gasteiger partial charge >= 0.3 is 0 Å². The predicted octanol–water partition coefficient (Wildman–Crippen LogP) is 1.78. The minimum atomic E-state index is -0.305. The van der Waals surface area contributed by atoms with Gasteiger partial charge in [0.2, 0.25) is 5.91 Å². The maximum absolute atomic E-state index is 13.8. The maximum atomic E-state index is 13.8. The third-order valence-corrected chi connectivity index (χ3v) is 5.08. The Hall–Kier alpha value is -1.69. The molecule has 1 aliphatic carbocycles. The zero-order valence-corrected chi connectivity index (χ0v) is 13.5. The molecule has 1 amide bonds. The molecule has 126 valence electrons. The van der Waals surface area contributed by atoms with Crippen molar-refractivity contribution in [2.24, 2.45) is 11.7 Å². The normalized spacial score (nSPS) is 25.5. The van der Waals surface area contributed by atoms with Crippen LogP contribution in [-0.4, -0.2) is 48.0 Å². The van der Waals surface area contributed by atoms with Crippen LogP contribution < -0.4 is 10.6 Å². The molecule has 0 spiro atoms. The summed E-state index contributed by atoms with van der Waals surface area (Å²) in [6.07, 6.45) is 6.61. The fourth-order valence-electron chi connectivity index (χ4n) is 3.62. The van der Waals surface area contributed by atoms with Crippen molar-refractivity contribution in [2.75, 3.05) is 31.1 Å². The number of carbonyl (C=O) groups excluding carboxylic acids is 1. The number of rotatable bonds is 3. The van der Waals surface area contributed by atoms with E-state index in [0.717, 1.165) is 12.8 Å². The lowest BCUT2D eigenvalue weighted by atomic mass is 9.82. The van der Waals surface area contributed by atoms with E-state index in [-0.39, 0.29) is 17.8 Å². The summed E-state index contributed by atoms with van der Waals surface area (Å²) in [7, 11) is 0. The van der Waals surface area contributed by atoms with Gasteiger partial charge in [-0.05, 0) is 30.9 Å². The average Bonchev–Trinajstić information content (AvgIpc) is 2.57. The number of anilines is 1. The molecule has 1 saturated heterocycles. The van der Waals surface area contributed by atoms with Crippen molar-refractivity contribution in [1.82, 2.24) is 9.88 Å². The molecule has 1 saturated carbocycles. The molecule has 2 heterocycles. The Labute approximate surface area is 136 Å². The second-order valence-corrected chi connectivity index (χ2v) is 6.59. The van der Waals surface area contributed by atoms with Crippen LogP contribution in [0.2, 0.25) is 0 Å². The zero-order chi connectivity index (χ0) is 16.2. The highest BCUT2D eigenvalue weighted by Crippen LogP contribution is 2.26. The van der Waals surface area contributed by atoms with E-state index in [9.17, 15) is 9.18 Å². The lowest BCUT2D eigenvalue weighted by molar-refractivity contribution is -0.132. The molecule has 2 aliphatic rings. The van der Waals surface area contributed by atoms with Crippen LogP contribution in [0.1, 0.15) is 32.1 Å². The molecule has 23 heavy (non-hydrogen) atoms. The van der Waals surface area contributed by atoms with Crippen molar-refractivity contribution < 1.29 is 9.18 Å². The van der Waals surface area contributed by atoms with Crippen LogP contribution in [-0.2, 0) is 4.79 Å². The molecule has 6 heteroatoms. The number of carbonyl (C=O) groups is 1. The van der Waals surface area contributed by atoms with Crippen LogP contribution in [0.15, 0.2) is 18.3 Å². The van der Waals surface area contributed by atoms with Gasteiger partial charge in [0.25, 0.3) is 0 Å². The number of aromatic nitrogens is 1. The number of piperazine rings is 1. The van der Waals surface area contributed by atoms with E-state index in [1.807, 2.05) is 9.80 Å². The monoisotopic (exact) mass is 320 g/mol. The summed E-state index contributed by atoms with van der Waals surface area (Å²) in [5.74, 6) is 0.588. The van der Waals surface area contributed by atoms with Gasteiger partial charge in [0, 0.05) is 44.8 Å². The van der Waals surface area contributed by atoms with E-state index in [4.69, 9.17) is 5.73 Å². The van der Waals surface area contributed by atoms with Gasteiger partial charge in [0.1, 0.15) is 0 Å². The predicted molar refractivity (Wildman–Crippen MR) is 87.5 cm³/mol. The minimum absolute atomic E-state index is 0.164. The third-order valence-electron chi connectivity index (χ3n) is 5.08. The van der Waals surface area contributed by atoms with Gasteiger partial charge in [0.15, 0.2) is 11.6 Å². The van der Waals surface area contributed by atoms with Gasteiger partial charge < -0.3 is 15.5 Å². The fraction of sp³-hybridized carbons (Fsp3) is 0.647. The molecule has 1 aromatic rings. The average molecular weight is 320 g/mol. The Kier molecular flexibility index (Phi) is 5.10. The summed E-state index contributed by atoms with van der Waals surface area (Å²) in [6, 6.07) is 3.17. The van der Waals surface area contributed by atoms with Gasteiger partial charge in [-0.3, -0.25) is 4.79 Å². The molecule has 2 fully saturated rings. The molecule has 1 aliphatic heterocycles. The Morgan fingerprint density at radius 1 is 1.26 bits per heavy atom. The highest BCUT2D eigenvalue weighted by Gasteiger charge is 2.28. The van der Waals surface area contributed by atoms with E-state index < -0.39 is 0 Å². The van der Waals surface area contributed by atoms with Crippen LogP contribution in [0.5, 0.6) is 0 Å². The summed E-state index contributed by atoms with van der Waals surface area (Å²) in [4.78, 5) is 20.4. The van der Waals surface area contributed by atoms with Gasteiger partial charge in [0.05, 0.1) is 0 Å². The van der Waals surface area contributed by atoms with Crippen molar-refractivity contribution in [3.05, 3.63) is 24.1 Å². The quantitative estimate of drug-likeness (QED) is 0.922. The highest BCUT2D eigenvalue weighted by molar-refractivity contribution is 5.77. The largest absolute Gasteiger partial charge is 0.351 e. The molecule has 1 aromatic heterocycles. The topological polar surface area (TPSA) is 62.5 Å². The van der Waals surface area contributed by atoms with Gasteiger partial charge in [-0.25, -0.2) is 9.37 Å². The molecule has 3 rings (SSSR count). The summed E-state index contributed by atoms with van der Waals surface area (Å²) in [5.41, 5.74) is 6.14. The van der Waals surface area contributed by atoms with Gasteiger partial charge in [-0.2, -0.15) is 0 Å². The lowest BCUT2D eigenvalue weighted by Crippen LogP contribution is -2.50. The SMILES string of the molecule is N[C@@H]1CCCC[C@@H]1CC(=O)N1CCN(c2ncccc2F)CC1. The third kappa shape index (κ3) is 3.80. The molecule has 0 radical (unpaired) electrons. The number of hydrogen-bond donors (Lipinski definition) is 1. The first-order valence-electron chi connectivity index (χ1n) is 8.54. The van der Waals surface area contributed by atoms with E-state index in [0.29, 0.717) is 44.3 Å². The van der Waals surface area contributed by atoms with Crippen LogP contribution >= 0.6 is 0 Å². The zero-order valence-electron chi connectivity index (χ0n) is 13.5. The Morgan fingerprint density at radius 2 is 2.00 bits per heavy atom. The molecular weight excluding hydrogens is 295 g/mol. The summed E-state index contributed by atoms with van der Waals surface area (Å²) in [5, 5.41) is 0. The molecule has 0 aromatic carbocycles. The maximum Gasteiger partial charge on any atom is 0.223 e. The van der Waals surface area contributed by atoms with Crippen molar-refractivity contribution in [2.45, 2.75) is 38.1 Å². The molecule has 0 unspecified atom stereocenters. The molecule has 0 bridgehead atoms. The Balaban J connectivity index is 1.52. The smallest absolute Gasteiger partial charge is 0.223 e. The second kappa shape index (κ2) is 7.25. The number of hydrogen-bond acceptors (Lipinski definition) is 4. The fourth-order valence-corrected chi connectivity index (χ4v) is 3.62. The number of amides is 1. The summed E-state index contributed by atoms with van der Waals surface area (Å²) in [6.45, 7) is 2.49. The van der Waals surface area contributed by atoms with E-state index in [1.54, 1.807) is 12.3 Å². The first-order valence-corrected chi connectivity index (χ1v) is 8.54. The van der Waals surface area contributed by atoms with Crippen LogP contribution in [0.4, 0.5) is 10.2 Å². The number of pyridine rings is 1. The number of nitrogens with zero attached hydrogens (tertiary/aromatic N) is 3. The van der Waals surface area contributed by atoms with Gasteiger partial charge in [-0.1, -0.05) is 12.8 Å². The number of nitrogens with two attached hydrogens (primary N) is 1. The highest BCUT2D eigenvalue weighted by atomic mass is 19.1. The molecule has 2 atom stereocenters. The van der Waals surface area contributed by atoms with Crippen LogP contribution in [0.3, 0.4) is 0 Å². The lowest BCUT2D eigenvalue weighted by Gasteiger charge is -2.37. The second-order valence-electron chi connectivity index (χ2n) is 6.59. The Morgan fingerprint density at radius 3 is 2.70 bits per heavy atom. The van der Waals surface area contributed by atoms with Crippen LogP contribution in [0.25, 0.3) is 0 Å². The standard InChI is InChI=1S/C17H25FN4O/c18-14-5-3-7-20-17(14)22-10-8-21(9-11-22)16(23)12-13-4-1-2-6-15(13)19/h3,5,7,13,15H,1-2,4,6,8-12,19H2/t13-,15-/m1/s1. The van der Waals surface area contributed by atoms with Crippen LogP contribution in [0, 0.1) is 11.7 Å². The van der Waals surface area contributed by atoms with E-state index in [1.165, 1.54) is 18.9 Å². The molecule has 5 nitrogen and oxygen atoms in total. The van der Waals surface area contributed by atoms with Crippen molar-refractivity contribution >= 4 is 11.7 Å². The Bertz CT molecular complexity index is 545. The van der Waals surface area contributed by atoms with Crippen molar-refractivity contribution in [3.63, 3.8) is 0 Å². The molecular formula is C17H25FN4O. The van der Waals surface area contributed by atoms with E-state index >= 15 is 0 Å².